The number of hydrogen-bond donors (Lipinski definition) is 1. The molecule has 1 N–H and O–H groups in total. The fraction of sp³-hybridized carbons (Fsp3) is 0.296. The minimum Gasteiger partial charge on any atom is -0.490 e. The van der Waals surface area contributed by atoms with Gasteiger partial charge in [0.05, 0.1) is 29.5 Å². The van der Waals surface area contributed by atoms with Crippen LogP contribution in [0.25, 0.3) is 0 Å². The van der Waals surface area contributed by atoms with Gasteiger partial charge in [-0.3, -0.25) is 14.7 Å². The van der Waals surface area contributed by atoms with Gasteiger partial charge in [-0.1, -0.05) is 23.7 Å². The lowest BCUT2D eigenvalue weighted by Gasteiger charge is -2.34. The maximum absolute atomic E-state index is 14.1. The second kappa shape index (κ2) is 10.6. The molecule has 1 fully saturated rings. The number of amides is 3. The molecule has 0 spiro atoms. The Morgan fingerprint density at radius 2 is 2.05 bits per heavy atom. The van der Waals surface area contributed by atoms with E-state index >= 15 is 0 Å². The van der Waals surface area contributed by atoms with Crippen LogP contribution in [0.4, 0.5) is 4.79 Å². The quantitative estimate of drug-likeness (QED) is 0.528. The van der Waals surface area contributed by atoms with Crippen molar-refractivity contribution in [1.82, 2.24) is 20.1 Å². The molecule has 2 aromatic carbocycles. The van der Waals surface area contributed by atoms with Crippen LogP contribution in [0.2, 0.25) is 5.02 Å². The number of aliphatic imine (C=N–C) groups is 1. The van der Waals surface area contributed by atoms with Crippen molar-refractivity contribution in [3.05, 3.63) is 82.5 Å². The third kappa shape index (κ3) is 4.93. The van der Waals surface area contributed by atoms with E-state index in [0.29, 0.717) is 46.7 Å². The number of piperazine rings is 1. The smallest absolute Gasteiger partial charge is 0.327 e. The van der Waals surface area contributed by atoms with Crippen LogP contribution in [0.5, 0.6) is 5.75 Å². The average molecular weight is 533 g/mol. The van der Waals surface area contributed by atoms with Crippen LogP contribution in [0.15, 0.2) is 64.3 Å². The van der Waals surface area contributed by atoms with Gasteiger partial charge < -0.3 is 19.4 Å². The van der Waals surface area contributed by atoms with Crippen molar-refractivity contribution in [2.24, 2.45) is 4.99 Å². The predicted octanol–water partition coefficient (Wildman–Crippen LogP) is 4.08. The van der Waals surface area contributed by atoms with E-state index in [1.165, 1.54) is 22.3 Å². The first-order valence-corrected chi connectivity index (χ1v) is 12.5. The zero-order valence-corrected chi connectivity index (χ0v) is 21.6. The first-order chi connectivity index (χ1) is 18.4. The number of halogens is 1. The van der Waals surface area contributed by atoms with Crippen LogP contribution in [-0.2, 0) is 4.79 Å². The topological polar surface area (TPSA) is 124 Å². The number of nitriles is 1. The molecule has 0 radical (unpaired) electrons. The molecular formula is C27H25ClN6O4. The van der Waals surface area contributed by atoms with E-state index in [9.17, 15) is 14.9 Å². The van der Waals surface area contributed by atoms with Gasteiger partial charge in [0.2, 0.25) is 11.8 Å². The first kappa shape index (κ1) is 25.3. The molecule has 5 rings (SSSR count). The van der Waals surface area contributed by atoms with Crippen LogP contribution in [-0.4, -0.2) is 58.3 Å². The van der Waals surface area contributed by atoms with Crippen LogP contribution in [0.3, 0.4) is 0 Å². The molecule has 1 aromatic heterocycles. The lowest BCUT2D eigenvalue weighted by Crippen LogP contribution is -2.55. The highest BCUT2D eigenvalue weighted by Gasteiger charge is 2.47. The van der Waals surface area contributed by atoms with Crippen molar-refractivity contribution in [3.8, 4) is 11.8 Å². The van der Waals surface area contributed by atoms with Gasteiger partial charge in [-0.25, -0.2) is 9.78 Å². The van der Waals surface area contributed by atoms with E-state index in [1.807, 2.05) is 26.0 Å². The highest BCUT2D eigenvalue weighted by molar-refractivity contribution is 6.30. The van der Waals surface area contributed by atoms with Gasteiger partial charge >= 0.3 is 6.03 Å². The van der Waals surface area contributed by atoms with Gasteiger partial charge in [-0.05, 0) is 49.7 Å². The van der Waals surface area contributed by atoms with Gasteiger partial charge in [0.15, 0.2) is 0 Å². The van der Waals surface area contributed by atoms with Crippen LogP contribution < -0.4 is 10.1 Å². The Kier molecular flexibility index (Phi) is 7.03. The summed E-state index contributed by atoms with van der Waals surface area (Å²) in [4.78, 5) is 38.7. The van der Waals surface area contributed by atoms with E-state index in [2.05, 4.69) is 16.4 Å². The molecule has 2 aliphatic heterocycles. The number of benzene rings is 2. The molecule has 3 aromatic rings. The summed E-state index contributed by atoms with van der Waals surface area (Å²) < 4.78 is 11.8. The zero-order chi connectivity index (χ0) is 26.8. The summed E-state index contributed by atoms with van der Waals surface area (Å²) in [6, 6.07) is 12.6. The van der Waals surface area contributed by atoms with Crippen molar-refractivity contribution >= 4 is 29.4 Å². The normalized spacial score (nSPS) is 19.2. The second-order valence-electron chi connectivity index (χ2n) is 9.18. The minimum absolute atomic E-state index is 0.0880. The lowest BCUT2D eigenvalue weighted by atomic mass is 10.00. The number of carbonyl (C=O) groups excluding carboxylic acids is 2. The highest BCUT2D eigenvalue weighted by Crippen LogP contribution is 2.45. The number of oxazole rings is 1. The molecule has 0 bridgehead atoms. The zero-order valence-electron chi connectivity index (χ0n) is 20.8. The first-order valence-electron chi connectivity index (χ1n) is 12.1. The summed E-state index contributed by atoms with van der Waals surface area (Å²) in [6.07, 6.45) is 2.76. The monoisotopic (exact) mass is 532 g/mol. The Morgan fingerprint density at radius 3 is 2.71 bits per heavy atom. The number of hydrogen-bond acceptors (Lipinski definition) is 7. The Hall–Kier alpha value is -4.36. The van der Waals surface area contributed by atoms with Gasteiger partial charge in [-0.2, -0.15) is 5.26 Å². The number of carbonyl (C=O) groups is 2. The maximum atomic E-state index is 14.1. The van der Waals surface area contributed by atoms with E-state index in [0.717, 1.165) is 5.56 Å². The Morgan fingerprint density at radius 1 is 1.26 bits per heavy atom. The summed E-state index contributed by atoms with van der Waals surface area (Å²) in [5, 5.41) is 12.8. The third-order valence-corrected chi connectivity index (χ3v) is 6.46. The summed E-state index contributed by atoms with van der Waals surface area (Å²) >= 11 is 6.15. The molecule has 2 aliphatic rings. The SMILES string of the molecule is CC(C)Oc1cc(C#N)ccc1C1=NC(c2ccc(Cl)cc2)C(c2ncco2)N1C(=O)N1CCNC(=O)C1. The van der Waals surface area contributed by atoms with Gasteiger partial charge in [0.1, 0.15) is 36.5 Å². The summed E-state index contributed by atoms with van der Waals surface area (Å²) in [5.74, 6) is 0.782. The molecule has 10 nitrogen and oxygen atoms in total. The van der Waals surface area contributed by atoms with Crippen molar-refractivity contribution in [3.63, 3.8) is 0 Å². The number of amidine groups is 1. The largest absolute Gasteiger partial charge is 0.490 e. The molecule has 0 saturated carbocycles. The van der Waals surface area contributed by atoms with E-state index in [4.69, 9.17) is 25.7 Å². The summed E-state index contributed by atoms with van der Waals surface area (Å²) in [7, 11) is 0. The van der Waals surface area contributed by atoms with Gasteiger partial charge in [-0.15, -0.1) is 0 Å². The molecule has 194 valence electrons. The van der Waals surface area contributed by atoms with Crippen molar-refractivity contribution in [2.45, 2.75) is 32.0 Å². The van der Waals surface area contributed by atoms with E-state index in [1.54, 1.807) is 30.3 Å². The lowest BCUT2D eigenvalue weighted by molar-refractivity contribution is -0.123. The number of rotatable bonds is 5. The third-order valence-electron chi connectivity index (χ3n) is 6.21. The molecule has 0 aliphatic carbocycles. The summed E-state index contributed by atoms with van der Waals surface area (Å²) in [5.41, 5.74) is 1.73. The Labute approximate surface area is 224 Å². The minimum atomic E-state index is -0.749. The Bertz CT molecular complexity index is 1410. The molecule has 3 amide bonds. The Balaban J connectivity index is 1.69. The fourth-order valence-electron chi connectivity index (χ4n) is 4.57. The molecule has 1 saturated heterocycles. The van der Waals surface area contributed by atoms with Gasteiger partial charge in [0, 0.05) is 18.1 Å². The number of urea groups is 1. The number of aromatic nitrogens is 1. The van der Waals surface area contributed by atoms with E-state index < -0.39 is 18.1 Å². The molecule has 2 atom stereocenters. The van der Waals surface area contributed by atoms with Gasteiger partial charge in [0.25, 0.3) is 0 Å². The second-order valence-corrected chi connectivity index (χ2v) is 9.61. The molecule has 11 heteroatoms. The fourth-order valence-corrected chi connectivity index (χ4v) is 4.70. The summed E-state index contributed by atoms with van der Waals surface area (Å²) in [6.45, 7) is 4.34. The molecule has 2 unspecified atom stereocenters. The van der Waals surface area contributed by atoms with E-state index in [-0.39, 0.29) is 18.6 Å². The maximum Gasteiger partial charge on any atom is 0.327 e. The average Bonchev–Trinajstić information content (AvgIpc) is 3.56. The number of nitrogens with zero attached hydrogens (tertiary/aromatic N) is 5. The van der Waals surface area contributed by atoms with Crippen LogP contribution >= 0.6 is 11.6 Å². The van der Waals surface area contributed by atoms with Crippen LogP contribution in [0, 0.1) is 11.3 Å². The van der Waals surface area contributed by atoms with Crippen molar-refractivity contribution in [2.75, 3.05) is 19.6 Å². The number of nitrogens with one attached hydrogen (secondary N) is 1. The molecular weight excluding hydrogens is 508 g/mol. The molecule has 38 heavy (non-hydrogen) atoms. The predicted molar refractivity (Wildman–Crippen MR) is 139 cm³/mol. The molecule has 3 heterocycles. The number of ether oxygens (including phenoxy) is 1. The van der Waals surface area contributed by atoms with Crippen molar-refractivity contribution in [1.29, 1.82) is 5.26 Å². The van der Waals surface area contributed by atoms with Crippen LogP contribution in [0.1, 0.15) is 48.5 Å². The standard InChI is InChI=1S/C27H25ClN6O4/c1-16(2)38-21-13-17(14-29)3-8-20(21)25-32-23(18-4-6-19(28)7-5-18)24(26-31-10-12-37-26)34(25)27(36)33-11-9-30-22(35)15-33/h3-8,10,12-13,16,23-24H,9,11,15H2,1-2H3,(H,30,35). The van der Waals surface area contributed by atoms with Crippen molar-refractivity contribution < 1.29 is 18.7 Å². The highest BCUT2D eigenvalue weighted by atomic mass is 35.5.